The Morgan fingerprint density at radius 1 is 0.514 bits per heavy atom. The molecule has 2 aromatic carbocycles. The van der Waals surface area contributed by atoms with Crippen LogP contribution in [0.25, 0.3) is 0 Å². The normalized spacial score (nSPS) is 28.6. The van der Waals surface area contributed by atoms with Crippen molar-refractivity contribution in [2.24, 2.45) is 0 Å². The predicted octanol–water partition coefficient (Wildman–Crippen LogP) is 9.90. The van der Waals surface area contributed by atoms with Gasteiger partial charge >= 0.3 is 224 Å². The molecular formula is C32H34Cl2Zr. The standard InChI is InChI=1S/2C16H17.2ClH.Zr/c2*1-3-7-13(8-4-1)16-12-11-14-9-5-2-6-10-15(14)16;;;/h2*1,3-4,7-8,11-12H,2,5-6,9-10H2;2*1H;/q;;;;+2/p-2. The van der Waals surface area contributed by atoms with E-state index in [4.69, 9.17) is 17.0 Å². The molecule has 0 radical (unpaired) electrons. The second-order valence-corrected chi connectivity index (χ2v) is 25.3. The Balaban J connectivity index is 1.65. The summed E-state index contributed by atoms with van der Waals surface area (Å²) in [7, 11) is 16.6. The summed E-state index contributed by atoms with van der Waals surface area (Å²) >= 11 is -4.30. The molecule has 35 heavy (non-hydrogen) atoms. The molecule has 0 saturated heterocycles. The summed E-state index contributed by atoms with van der Waals surface area (Å²) in [5.74, 6) is 0. The van der Waals surface area contributed by atoms with Crippen molar-refractivity contribution in [3.8, 4) is 0 Å². The van der Waals surface area contributed by atoms with Gasteiger partial charge in [-0.15, -0.1) is 0 Å². The molecule has 2 aromatic rings. The van der Waals surface area contributed by atoms with Gasteiger partial charge in [-0.05, 0) is 0 Å². The van der Waals surface area contributed by atoms with Crippen LogP contribution in [0.5, 0.6) is 0 Å². The molecule has 0 N–H and O–H groups in total. The van der Waals surface area contributed by atoms with E-state index >= 15 is 0 Å². The van der Waals surface area contributed by atoms with Gasteiger partial charge in [-0.1, -0.05) is 0 Å². The maximum absolute atomic E-state index is 8.28. The molecule has 4 aliphatic rings. The summed E-state index contributed by atoms with van der Waals surface area (Å²) in [4.78, 5) is 0. The molecule has 0 aliphatic heterocycles. The Labute approximate surface area is 222 Å². The quantitative estimate of drug-likeness (QED) is 0.338. The third kappa shape index (κ3) is 3.63. The van der Waals surface area contributed by atoms with E-state index in [0.717, 1.165) is 25.7 Å². The second-order valence-electron chi connectivity index (χ2n) is 10.7. The van der Waals surface area contributed by atoms with Crippen LogP contribution in [-0.4, -0.2) is 0 Å². The van der Waals surface area contributed by atoms with Gasteiger partial charge in [0, 0.05) is 0 Å². The summed E-state index contributed by atoms with van der Waals surface area (Å²) in [6.07, 6.45) is 21.8. The number of hydrogen-bond donors (Lipinski definition) is 0. The van der Waals surface area contributed by atoms with Gasteiger partial charge in [-0.2, -0.15) is 0 Å². The van der Waals surface area contributed by atoms with Gasteiger partial charge in [-0.3, -0.25) is 0 Å². The van der Waals surface area contributed by atoms with Crippen LogP contribution in [0.3, 0.4) is 0 Å². The summed E-state index contributed by atoms with van der Waals surface area (Å²) in [5, 5.41) is 0. The Hall–Kier alpha value is -1.14. The predicted molar refractivity (Wildman–Crippen MR) is 146 cm³/mol. The van der Waals surface area contributed by atoms with E-state index in [2.05, 4.69) is 85.0 Å². The van der Waals surface area contributed by atoms with Gasteiger partial charge in [-0.25, -0.2) is 0 Å². The van der Waals surface area contributed by atoms with E-state index in [1.165, 1.54) is 71.9 Å². The van der Waals surface area contributed by atoms with Crippen molar-refractivity contribution < 1.29 is 17.9 Å². The van der Waals surface area contributed by atoms with Gasteiger partial charge in [0.2, 0.25) is 0 Å². The number of hydrogen-bond acceptors (Lipinski definition) is 0. The molecule has 0 saturated carbocycles. The molecule has 0 fully saturated rings. The summed E-state index contributed by atoms with van der Waals surface area (Å²) in [6.45, 7) is 0. The molecule has 0 amide bonds. The third-order valence-corrected chi connectivity index (χ3v) is 24.6. The third-order valence-electron chi connectivity index (χ3n) is 8.99. The number of allylic oxidation sites excluding steroid dienone is 8. The molecule has 0 heterocycles. The molecule has 0 nitrogen and oxygen atoms in total. The van der Waals surface area contributed by atoms with Crippen molar-refractivity contribution in [3.05, 3.63) is 118 Å². The van der Waals surface area contributed by atoms with Crippen LogP contribution in [0.2, 0.25) is 0 Å². The van der Waals surface area contributed by atoms with Gasteiger partial charge in [0.05, 0.1) is 0 Å². The van der Waals surface area contributed by atoms with Crippen molar-refractivity contribution in [1.82, 2.24) is 0 Å². The van der Waals surface area contributed by atoms with Gasteiger partial charge in [0.25, 0.3) is 0 Å². The average Bonchev–Trinajstić information content (AvgIpc) is 3.23. The summed E-state index contributed by atoms with van der Waals surface area (Å²) < 4.78 is -0.735. The van der Waals surface area contributed by atoms with Gasteiger partial charge in [0.15, 0.2) is 0 Å². The summed E-state index contributed by atoms with van der Waals surface area (Å²) in [5.41, 5.74) is 8.69. The molecule has 6 rings (SSSR count). The van der Waals surface area contributed by atoms with Crippen molar-refractivity contribution in [3.63, 3.8) is 0 Å². The fourth-order valence-corrected chi connectivity index (χ4v) is 22.9. The topological polar surface area (TPSA) is 0 Å². The Kier molecular flexibility index (Phi) is 6.66. The first-order valence-electron chi connectivity index (χ1n) is 13.4. The van der Waals surface area contributed by atoms with Crippen LogP contribution in [-0.2, 0) is 24.1 Å². The number of halogens is 2. The first-order valence-corrected chi connectivity index (χ1v) is 22.2. The van der Waals surface area contributed by atoms with Crippen molar-refractivity contribution in [1.29, 1.82) is 0 Å². The van der Waals surface area contributed by atoms with E-state index in [1.807, 2.05) is 0 Å². The molecule has 0 bridgehead atoms. The van der Waals surface area contributed by atoms with E-state index in [-0.39, 0.29) is 6.25 Å². The molecule has 0 aromatic heterocycles. The molecule has 3 heteroatoms. The first-order chi connectivity index (χ1) is 17.1. The SMILES string of the molecule is [Cl][Zr]([Cl])([C]1(c2ccccc2)C=CC2=C1CCCCC2)[C]1(c2ccccc2)C=CC2=C1CCCCC2. The van der Waals surface area contributed by atoms with Crippen LogP contribution < -0.4 is 0 Å². The molecule has 2 atom stereocenters. The average molecular weight is 581 g/mol. The van der Waals surface area contributed by atoms with E-state index in [1.54, 1.807) is 0 Å². The van der Waals surface area contributed by atoms with Crippen LogP contribution in [0, 0.1) is 0 Å². The first kappa shape index (κ1) is 24.2. The number of rotatable bonds is 4. The number of benzene rings is 2. The Morgan fingerprint density at radius 3 is 1.34 bits per heavy atom. The van der Waals surface area contributed by atoms with E-state index in [9.17, 15) is 0 Å². The molecule has 4 aliphatic carbocycles. The van der Waals surface area contributed by atoms with Crippen molar-refractivity contribution in [2.75, 3.05) is 0 Å². The van der Waals surface area contributed by atoms with E-state index < -0.39 is 17.9 Å². The van der Waals surface area contributed by atoms with Crippen LogP contribution in [0.4, 0.5) is 0 Å². The van der Waals surface area contributed by atoms with Crippen LogP contribution in [0.1, 0.15) is 75.3 Å². The molecule has 180 valence electrons. The summed E-state index contributed by atoms with van der Waals surface area (Å²) in [6, 6.07) is 22.1. The Bertz CT molecular complexity index is 1130. The molecular weight excluding hydrogens is 546 g/mol. The van der Waals surface area contributed by atoms with Crippen LogP contribution >= 0.6 is 17.0 Å². The molecule has 0 spiro atoms. The van der Waals surface area contributed by atoms with Crippen LogP contribution in [0.15, 0.2) is 107 Å². The maximum atomic E-state index is 8.28. The fraction of sp³-hybridized carbons (Fsp3) is 0.375. The monoisotopic (exact) mass is 578 g/mol. The van der Waals surface area contributed by atoms with Gasteiger partial charge in [0.1, 0.15) is 0 Å². The van der Waals surface area contributed by atoms with E-state index in [0.29, 0.717) is 0 Å². The fourth-order valence-electron chi connectivity index (χ4n) is 7.34. The zero-order valence-electron chi connectivity index (χ0n) is 20.4. The zero-order chi connectivity index (χ0) is 23.9. The van der Waals surface area contributed by atoms with Crippen molar-refractivity contribution >= 4 is 17.0 Å². The minimum absolute atomic E-state index is 0.367. The second kappa shape index (κ2) is 9.63. The Morgan fingerprint density at radius 2 is 0.914 bits per heavy atom. The minimum atomic E-state index is -4.30. The van der Waals surface area contributed by atoms with Crippen molar-refractivity contribution in [2.45, 2.75) is 70.5 Å². The zero-order valence-corrected chi connectivity index (χ0v) is 24.4. The van der Waals surface area contributed by atoms with Gasteiger partial charge < -0.3 is 0 Å². The molecule has 2 unspecified atom stereocenters.